The number of benzene rings is 1. The van der Waals surface area contributed by atoms with E-state index in [0.29, 0.717) is 11.6 Å². The molecule has 0 fully saturated rings. The second-order valence-electron chi connectivity index (χ2n) is 5.46. The zero-order valence-corrected chi connectivity index (χ0v) is 13.5. The van der Waals surface area contributed by atoms with Crippen molar-refractivity contribution in [1.82, 2.24) is 4.98 Å². The van der Waals surface area contributed by atoms with Gasteiger partial charge in [0.05, 0.1) is 0 Å². The van der Waals surface area contributed by atoms with E-state index in [9.17, 15) is 4.79 Å². The van der Waals surface area contributed by atoms with E-state index in [1.807, 2.05) is 13.1 Å². The third-order valence-corrected chi connectivity index (χ3v) is 4.17. The number of anilines is 1. The highest BCUT2D eigenvalue weighted by Gasteiger charge is 2.09. The zero-order chi connectivity index (χ0) is 15.4. The van der Waals surface area contributed by atoms with Crippen molar-refractivity contribution in [3.63, 3.8) is 0 Å². The first-order valence-electron chi connectivity index (χ1n) is 7.00. The average molecular weight is 303 g/mol. The predicted molar refractivity (Wildman–Crippen MR) is 87.7 cm³/mol. The van der Waals surface area contributed by atoms with E-state index in [-0.39, 0.29) is 11.9 Å². The van der Waals surface area contributed by atoms with Gasteiger partial charge in [-0.2, -0.15) is 0 Å². The number of nitrogens with zero attached hydrogens (tertiary/aromatic N) is 1. The standard InChI is InChI=1S/C16H21N3OS/c1-10-4-5-13(6-11(10)2)8-14-9-18-16(21-14)19-15(20)7-12(3)17/h4-6,9,12H,7-8,17H2,1-3H3,(H,18,19,20). The topological polar surface area (TPSA) is 68.0 Å². The molecule has 2 aromatic rings. The molecule has 1 unspecified atom stereocenters. The summed E-state index contributed by atoms with van der Waals surface area (Å²) < 4.78 is 0. The lowest BCUT2D eigenvalue weighted by Crippen LogP contribution is -2.23. The Hall–Kier alpha value is -1.72. The first-order valence-corrected chi connectivity index (χ1v) is 7.82. The van der Waals surface area contributed by atoms with Gasteiger partial charge in [-0.05, 0) is 37.5 Å². The SMILES string of the molecule is Cc1ccc(Cc2cnc(NC(=O)CC(C)N)s2)cc1C. The van der Waals surface area contributed by atoms with Gasteiger partial charge in [0.1, 0.15) is 0 Å². The van der Waals surface area contributed by atoms with E-state index in [1.165, 1.54) is 28.0 Å². The molecule has 1 aromatic carbocycles. The van der Waals surface area contributed by atoms with Gasteiger partial charge in [-0.1, -0.05) is 18.2 Å². The Morgan fingerprint density at radius 1 is 1.38 bits per heavy atom. The summed E-state index contributed by atoms with van der Waals surface area (Å²) in [6.45, 7) is 6.04. The third kappa shape index (κ3) is 4.65. The summed E-state index contributed by atoms with van der Waals surface area (Å²) in [5, 5.41) is 3.43. The van der Waals surface area contributed by atoms with Crippen molar-refractivity contribution in [2.24, 2.45) is 5.73 Å². The second kappa shape index (κ2) is 6.83. The van der Waals surface area contributed by atoms with Crippen LogP contribution in [-0.2, 0) is 11.2 Å². The number of hydrogen-bond acceptors (Lipinski definition) is 4. The highest BCUT2D eigenvalue weighted by molar-refractivity contribution is 7.15. The van der Waals surface area contributed by atoms with Gasteiger partial charge in [0.25, 0.3) is 0 Å². The predicted octanol–water partition coefficient (Wildman–Crippen LogP) is 3.03. The molecule has 2 rings (SSSR count). The van der Waals surface area contributed by atoms with Gasteiger partial charge < -0.3 is 11.1 Å². The zero-order valence-electron chi connectivity index (χ0n) is 12.6. The highest BCUT2D eigenvalue weighted by atomic mass is 32.1. The largest absolute Gasteiger partial charge is 0.327 e. The second-order valence-corrected chi connectivity index (χ2v) is 6.57. The van der Waals surface area contributed by atoms with Crippen molar-refractivity contribution >= 4 is 22.4 Å². The molecule has 0 saturated heterocycles. The number of rotatable bonds is 5. The lowest BCUT2D eigenvalue weighted by Gasteiger charge is -2.04. The van der Waals surface area contributed by atoms with E-state index in [2.05, 4.69) is 42.3 Å². The fourth-order valence-corrected chi connectivity index (χ4v) is 2.89. The molecule has 0 aliphatic carbocycles. The van der Waals surface area contributed by atoms with Crippen LogP contribution in [-0.4, -0.2) is 16.9 Å². The molecule has 4 nitrogen and oxygen atoms in total. The number of amides is 1. The fourth-order valence-electron chi connectivity index (χ4n) is 2.02. The highest BCUT2D eigenvalue weighted by Crippen LogP contribution is 2.22. The van der Waals surface area contributed by atoms with Crippen LogP contribution in [0, 0.1) is 13.8 Å². The molecule has 5 heteroatoms. The minimum absolute atomic E-state index is 0.0860. The Balaban J connectivity index is 1.99. The summed E-state index contributed by atoms with van der Waals surface area (Å²) in [6, 6.07) is 6.33. The van der Waals surface area contributed by atoms with Crippen LogP contribution < -0.4 is 11.1 Å². The molecule has 112 valence electrons. The van der Waals surface area contributed by atoms with Crippen LogP contribution in [0.15, 0.2) is 24.4 Å². The van der Waals surface area contributed by atoms with E-state index in [4.69, 9.17) is 5.73 Å². The van der Waals surface area contributed by atoms with Crippen LogP contribution in [0.25, 0.3) is 0 Å². The average Bonchev–Trinajstić information content (AvgIpc) is 2.80. The Morgan fingerprint density at radius 2 is 2.14 bits per heavy atom. The first-order chi connectivity index (χ1) is 9.94. The van der Waals surface area contributed by atoms with Crippen LogP contribution in [0.2, 0.25) is 0 Å². The van der Waals surface area contributed by atoms with Crippen LogP contribution in [0.4, 0.5) is 5.13 Å². The van der Waals surface area contributed by atoms with E-state index >= 15 is 0 Å². The molecule has 3 N–H and O–H groups in total. The molecule has 1 aromatic heterocycles. The Bertz CT molecular complexity index is 634. The molecular weight excluding hydrogens is 282 g/mol. The Morgan fingerprint density at radius 3 is 2.81 bits per heavy atom. The number of carbonyl (C=O) groups excluding carboxylic acids is 1. The lowest BCUT2D eigenvalue weighted by molar-refractivity contribution is -0.116. The van der Waals surface area contributed by atoms with Crippen LogP contribution in [0.3, 0.4) is 0 Å². The van der Waals surface area contributed by atoms with Crippen LogP contribution in [0.1, 0.15) is 34.9 Å². The summed E-state index contributed by atoms with van der Waals surface area (Å²) in [4.78, 5) is 17.0. The van der Waals surface area contributed by atoms with Gasteiger partial charge in [0.15, 0.2) is 5.13 Å². The smallest absolute Gasteiger partial charge is 0.227 e. The molecule has 1 heterocycles. The Labute approximate surface area is 129 Å². The van der Waals surface area contributed by atoms with Crippen molar-refractivity contribution < 1.29 is 4.79 Å². The molecule has 1 amide bonds. The van der Waals surface area contributed by atoms with Crippen molar-refractivity contribution in [3.8, 4) is 0 Å². The van der Waals surface area contributed by atoms with Gasteiger partial charge in [-0.3, -0.25) is 4.79 Å². The van der Waals surface area contributed by atoms with Crippen molar-refractivity contribution in [2.45, 2.75) is 39.7 Å². The number of nitrogens with two attached hydrogens (primary N) is 1. The normalized spacial score (nSPS) is 12.2. The maximum atomic E-state index is 11.6. The lowest BCUT2D eigenvalue weighted by atomic mass is 10.0. The summed E-state index contributed by atoms with van der Waals surface area (Å²) in [6.07, 6.45) is 2.97. The number of carbonyl (C=O) groups is 1. The summed E-state index contributed by atoms with van der Waals surface area (Å²) >= 11 is 1.51. The number of aromatic nitrogens is 1. The Kier molecular flexibility index (Phi) is 5.09. The van der Waals surface area contributed by atoms with Gasteiger partial charge in [0, 0.05) is 30.0 Å². The monoisotopic (exact) mass is 303 g/mol. The molecule has 0 saturated carbocycles. The molecule has 0 aliphatic heterocycles. The maximum Gasteiger partial charge on any atom is 0.227 e. The molecule has 21 heavy (non-hydrogen) atoms. The maximum absolute atomic E-state index is 11.6. The molecular formula is C16H21N3OS. The molecule has 1 atom stereocenters. The van der Waals surface area contributed by atoms with Crippen molar-refractivity contribution in [2.75, 3.05) is 5.32 Å². The summed E-state index contributed by atoms with van der Waals surface area (Å²) in [5.74, 6) is -0.0860. The summed E-state index contributed by atoms with van der Waals surface area (Å²) in [7, 11) is 0. The number of aryl methyl sites for hydroxylation is 2. The molecule has 0 aliphatic rings. The van der Waals surface area contributed by atoms with E-state index in [1.54, 1.807) is 0 Å². The van der Waals surface area contributed by atoms with Gasteiger partial charge in [0.2, 0.25) is 5.91 Å². The number of hydrogen-bond donors (Lipinski definition) is 2. The minimum Gasteiger partial charge on any atom is -0.327 e. The quantitative estimate of drug-likeness (QED) is 0.892. The van der Waals surface area contributed by atoms with Crippen LogP contribution >= 0.6 is 11.3 Å². The van der Waals surface area contributed by atoms with E-state index in [0.717, 1.165) is 11.3 Å². The number of thiazole rings is 1. The third-order valence-electron chi connectivity index (χ3n) is 3.26. The number of nitrogens with one attached hydrogen (secondary N) is 1. The van der Waals surface area contributed by atoms with Gasteiger partial charge in [-0.25, -0.2) is 4.98 Å². The fraction of sp³-hybridized carbons (Fsp3) is 0.375. The minimum atomic E-state index is -0.139. The van der Waals surface area contributed by atoms with Crippen LogP contribution in [0.5, 0.6) is 0 Å². The molecule has 0 spiro atoms. The molecule has 0 bridgehead atoms. The van der Waals surface area contributed by atoms with Crippen molar-refractivity contribution in [3.05, 3.63) is 46.0 Å². The molecule has 0 radical (unpaired) electrons. The van der Waals surface area contributed by atoms with Gasteiger partial charge >= 0.3 is 0 Å². The summed E-state index contributed by atoms with van der Waals surface area (Å²) in [5.41, 5.74) is 9.45. The van der Waals surface area contributed by atoms with E-state index < -0.39 is 0 Å². The first kappa shape index (κ1) is 15.7. The van der Waals surface area contributed by atoms with Crippen molar-refractivity contribution in [1.29, 1.82) is 0 Å². The van der Waals surface area contributed by atoms with Gasteiger partial charge in [-0.15, -0.1) is 11.3 Å².